The van der Waals surface area contributed by atoms with Gasteiger partial charge in [0.2, 0.25) is 10.0 Å². The summed E-state index contributed by atoms with van der Waals surface area (Å²) < 4.78 is 33.7. The van der Waals surface area contributed by atoms with Crippen LogP contribution >= 0.6 is 0 Å². The van der Waals surface area contributed by atoms with Crippen LogP contribution < -0.4 is 9.64 Å². The first-order valence-corrected chi connectivity index (χ1v) is 14.6. The van der Waals surface area contributed by atoms with Gasteiger partial charge in [-0.05, 0) is 68.5 Å². The molecule has 1 fully saturated rings. The third kappa shape index (κ3) is 7.69. The lowest BCUT2D eigenvalue weighted by Gasteiger charge is -2.36. The molecule has 6 nitrogen and oxygen atoms in total. The van der Waals surface area contributed by atoms with E-state index in [1.165, 1.54) is 19.2 Å². The van der Waals surface area contributed by atoms with Crippen molar-refractivity contribution in [1.82, 2.24) is 9.21 Å². The van der Waals surface area contributed by atoms with Crippen LogP contribution in [0.1, 0.15) is 51.5 Å². The lowest BCUT2D eigenvalue weighted by Crippen LogP contribution is -2.46. The van der Waals surface area contributed by atoms with Gasteiger partial charge < -0.3 is 9.64 Å². The number of methoxy groups -OCH3 is 1. The van der Waals surface area contributed by atoms with E-state index in [2.05, 4.69) is 40.1 Å². The molecule has 0 saturated carbocycles. The zero-order valence-electron chi connectivity index (χ0n) is 21.8. The van der Waals surface area contributed by atoms with Crippen LogP contribution in [0.5, 0.6) is 5.75 Å². The highest BCUT2D eigenvalue weighted by atomic mass is 32.2. The molecule has 0 aromatic heterocycles. The Morgan fingerprint density at radius 3 is 2.20 bits per heavy atom. The maximum atomic E-state index is 13.3. The Hall–Kier alpha value is -2.09. The van der Waals surface area contributed by atoms with Gasteiger partial charge in [0.15, 0.2) is 0 Å². The smallest absolute Gasteiger partial charge is 0.246 e. The number of rotatable bonds is 14. The van der Waals surface area contributed by atoms with Crippen LogP contribution in [-0.2, 0) is 16.4 Å². The molecular formula is C28H43N3O3S. The Bertz CT molecular complexity index is 984. The third-order valence-corrected chi connectivity index (χ3v) is 8.65. The topological polar surface area (TPSA) is 53.1 Å². The van der Waals surface area contributed by atoms with Crippen LogP contribution in [0.25, 0.3) is 0 Å². The molecule has 0 N–H and O–H groups in total. The van der Waals surface area contributed by atoms with Crippen molar-refractivity contribution in [1.29, 1.82) is 0 Å². The molecule has 194 valence electrons. The predicted octanol–water partition coefficient (Wildman–Crippen LogP) is 5.04. The van der Waals surface area contributed by atoms with Crippen molar-refractivity contribution in [2.24, 2.45) is 0 Å². The molecule has 0 aliphatic carbocycles. The average molecular weight is 502 g/mol. The number of piperazine rings is 1. The highest BCUT2D eigenvalue weighted by Crippen LogP contribution is 2.29. The highest BCUT2D eigenvalue weighted by molar-refractivity contribution is 7.89. The minimum atomic E-state index is -3.57. The van der Waals surface area contributed by atoms with E-state index in [-0.39, 0.29) is 0 Å². The summed E-state index contributed by atoms with van der Waals surface area (Å²) in [4.78, 5) is 5.33. The van der Waals surface area contributed by atoms with Gasteiger partial charge in [-0.1, -0.05) is 44.5 Å². The number of para-hydroxylation sites is 1. The molecule has 7 heteroatoms. The largest absolute Gasteiger partial charge is 0.495 e. The zero-order valence-corrected chi connectivity index (χ0v) is 22.6. The standard InChI is InChI=1S/C28H43N3O3S/c1-4-17-31(18-5-2)35(32,33)28-24-25(15-16-27(28)34-3)12-8-7-11-19-29-20-22-30(23-21-29)26-13-9-6-10-14-26/h6,9-10,13-16,24H,4-5,7-8,11-12,17-23H2,1-3H3. The number of anilines is 1. The lowest BCUT2D eigenvalue weighted by molar-refractivity contribution is 0.252. The summed E-state index contributed by atoms with van der Waals surface area (Å²) >= 11 is 0. The molecule has 1 saturated heterocycles. The van der Waals surface area contributed by atoms with Crippen LogP contribution in [0.3, 0.4) is 0 Å². The lowest BCUT2D eigenvalue weighted by atomic mass is 10.1. The molecule has 0 radical (unpaired) electrons. The second kappa shape index (κ2) is 13.9. The van der Waals surface area contributed by atoms with Gasteiger partial charge in [0.25, 0.3) is 0 Å². The first kappa shape index (κ1) is 27.5. The fourth-order valence-corrected chi connectivity index (χ4v) is 6.61. The molecule has 0 bridgehead atoms. The number of hydrogen-bond acceptors (Lipinski definition) is 5. The van der Waals surface area contributed by atoms with E-state index in [1.54, 1.807) is 4.31 Å². The Kier molecular flexibility index (Phi) is 10.9. The van der Waals surface area contributed by atoms with E-state index in [0.29, 0.717) is 23.7 Å². The molecule has 0 unspecified atom stereocenters. The van der Waals surface area contributed by atoms with Crippen LogP contribution in [0.15, 0.2) is 53.4 Å². The molecule has 1 heterocycles. The molecule has 35 heavy (non-hydrogen) atoms. The molecular weight excluding hydrogens is 458 g/mol. The van der Waals surface area contributed by atoms with Gasteiger partial charge in [-0.15, -0.1) is 0 Å². The maximum absolute atomic E-state index is 13.3. The quantitative estimate of drug-likeness (QED) is 0.340. The Morgan fingerprint density at radius 2 is 1.57 bits per heavy atom. The van der Waals surface area contributed by atoms with Crippen LogP contribution in [0.2, 0.25) is 0 Å². The summed E-state index contributed by atoms with van der Waals surface area (Å²) in [6.07, 6.45) is 5.85. The molecule has 3 rings (SSSR count). The van der Waals surface area contributed by atoms with Crippen LogP contribution in [0.4, 0.5) is 5.69 Å². The summed E-state index contributed by atoms with van der Waals surface area (Å²) in [5, 5.41) is 0. The van der Waals surface area contributed by atoms with E-state index < -0.39 is 10.0 Å². The highest BCUT2D eigenvalue weighted by Gasteiger charge is 2.27. The van der Waals surface area contributed by atoms with Crippen LogP contribution in [-0.4, -0.2) is 70.5 Å². The molecule has 0 atom stereocenters. The van der Waals surface area contributed by atoms with Gasteiger partial charge in [-0.2, -0.15) is 4.31 Å². The van der Waals surface area contributed by atoms with Gasteiger partial charge >= 0.3 is 0 Å². The minimum Gasteiger partial charge on any atom is -0.495 e. The molecule has 1 aliphatic rings. The SMILES string of the molecule is CCCN(CCC)S(=O)(=O)c1cc(CCCCCN2CCN(c3ccccc3)CC2)ccc1OC. The van der Waals surface area contributed by atoms with Gasteiger partial charge in [0.05, 0.1) is 7.11 Å². The van der Waals surface area contributed by atoms with Gasteiger partial charge in [0, 0.05) is 45.0 Å². The number of aryl methyl sites for hydroxylation is 1. The number of hydrogen-bond donors (Lipinski definition) is 0. The number of nitrogens with zero attached hydrogens (tertiary/aromatic N) is 3. The van der Waals surface area contributed by atoms with E-state index in [0.717, 1.165) is 70.4 Å². The monoisotopic (exact) mass is 501 g/mol. The fraction of sp³-hybridized carbons (Fsp3) is 0.571. The predicted molar refractivity (Wildman–Crippen MR) is 145 cm³/mol. The maximum Gasteiger partial charge on any atom is 0.246 e. The number of benzene rings is 2. The number of unbranched alkanes of at least 4 members (excludes halogenated alkanes) is 2. The summed E-state index contributed by atoms with van der Waals surface area (Å²) in [6.45, 7) is 10.6. The molecule has 0 spiro atoms. The van der Waals surface area contributed by atoms with Crippen molar-refractivity contribution in [3.05, 3.63) is 54.1 Å². The van der Waals surface area contributed by atoms with E-state index in [9.17, 15) is 8.42 Å². The first-order valence-electron chi connectivity index (χ1n) is 13.2. The summed E-state index contributed by atoms with van der Waals surface area (Å²) in [7, 11) is -2.03. The Balaban J connectivity index is 1.47. The van der Waals surface area contributed by atoms with Crippen molar-refractivity contribution >= 4 is 15.7 Å². The van der Waals surface area contributed by atoms with Crippen LogP contribution in [0, 0.1) is 0 Å². The van der Waals surface area contributed by atoms with Crippen molar-refractivity contribution < 1.29 is 13.2 Å². The van der Waals surface area contributed by atoms with Crippen molar-refractivity contribution in [2.45, 2.75) is 57.3 Å². The minimum absolute atomic E-state index is 0.302. The van der Waals surface area contributed by atoms with E-state index >= 15 is 0 Å². The normalized spacial score (nSPS) is 15.0. The number of sulfonamides is 1. The second-order valence-electron chi connectivity index (χ2n) is 9.36. The summed E-state index contributed by atoms with van der Waals surface area (Å²) in [5.74, 6) is 0.431. The van der Waals surface area contributed by atoms with Crippen molar-refractivity contribution in [2.75, 3.05) is 57.8 Å². The van der Waals surface area contributed by atoms with Crippen molar-refractivity contribution in [3.8, 4) is 5.75 Å². The molecule has 2 aromatic carbocycles. The summed E-state index contributed by atoms with van der Waals surface area (Å²) in [5.41, 5.74) is 2.38. The molecule has 0 amide bonds. The zero-order chi connectivity index (χ0) is 25.1. The average Bonchev–Trinajstić information content (AvgIpc) is 2.89. The van der Waals surface area contributed by atoms with Gasteiger partial charge in [0.1, 0.15) is 10.6 Å². The fourth-order valence-electron chi connectivity index (χ4n) is 4.78. The molecule has 1 aliphatic heterocycles. The Morgan fingerprint density at radius 1 is 0.886 bits per heavy atom. The third-order valence-electron chi connectivity index (χ3n) is 6.73. The van der Waals surface area contributed by atoms with Gasteiger partial charge in [-0.25, -0.2) is 8.42 Å². The first-order chi connectivity index (χ1) is 17.0. The Labute approximate surface area is 212 Å². The second-order valence-corrected chi connectivity index (χ2v) is 11.3. The van der Waals surface area contributed by atoms with Gasteiger partial charge in [-0.3, -0.25) is 4.90 Å². The van der Waals surface area contributed by atoms with Crippen molar-refractivity contribution in [3.63, 3.8) is 0 Å². The number of ether oxygens (including phenoxy) is 1. The van der Waals surface area contributed by atoms with E-state index in [4.69, 9.17) is 4.74 Å². The molecule has 2 aromatic rings. The van der Waals surface area contributed by atoms with E-state index in [1.807, 2.05) is 32.0 Å². The summed E-state index contributed by atoms with van der Waals surface area (Å²) in [6, 6.07) is 16.3.